The zero-order valence-electron chi connectivity index (χ0n) is 23.8. The van der Waals surface area contributed by atoms with Crippen molar-refractivity contribution >= 4 is 0 Å². The van der Waals surface area contributed by atoms with E-state index in [1.54, 1.807) is 6.26 Å². The fraction of sp³-hybridized carbons (Fsp3) is 0.879. The van der Waals surface area contributed by atoms with Gasteiger partial charge in [-0.05, 0) is 31.8 Å². The van der Waals surface area contributed by atoms with Crippen molar-refractivity contribution in [3.63, 3.8) is 0 Å². The number of rotatable bonds is 29. The first-order valence-electron chi connectivity index (χ1n) is 15.8. The van der Waals surface area contributed by atoms with Crippen molar-refractivity contribution in [2.75, 3.05) is 0 Å². The van der Waals surface area contributed by atoms with Crippen LogP contribution < -0.4 is 0 Å². The molecule has 1 atom stereocenters. The van der Waals surface area contributed by atoms with Crippen molar-refractivity contribution < 1.29 is 4.74 Å². The van der Waals surface area contributed by atoms with Gasteiger partial charge in [-0.15, -0.1) is 0 Å². The molecule has 0 heterocycles. The third-order valence-electron chi connectivity index (χ3n) is 7.19. The average Bonchev–Trinajstić information content (AvgIpc) is 2.84. The smallest absolute Gasteiger partial charge is 0.116 e. The summed E-state index contributed by atoms with van der Waals surface area (Å²) in [6.07, 6.45) is 42.8. The molecule has 0 rings (SSSR count). The molecule has 0 fully saturated rings. The molecule has 0 aromatic heterocycles. The molecule has 0 aromatic rings. The fourth-order valence-electron chi connectivity index (χ4n) is 4.87. The summed E-state index contributed by atoms with van der Waals surface area (Å²) in [5, 5.41) is 0. The Labute approximate surface area is 216 Å². The molecule has 202 valence electrons. The van der Waals surface area contributed by atoms with Gasteiger partial charge in [-0.3, -0.25) is 0 Å². The second kappa shape index (κ2) is 30.3. The molecule has 0 amide bonds. The molecule has 0 N–H and O–H groups in total. The predicted octanol–water partition coefficient (Wildman–Crippen LogP) is 12.3. The van der Waals surface area contributed by atoms with E-state index in [0.717, 1.165) is 6.42 Å². The SMILES string of the molecule is C=COC(/C=C/CCCCCCCCCCCCCCCCCCCC)CCCCCCCC. The minimum atomic E-state index is 0.235. The average molecular weight is 477 g/mol. The van der Waals surface area contributed by atoms with Crippen molar-refractivity contribution in [2.24, 2.45) is 0 Å². The molecular formula is C33H64O. The highest BCUT2D eigenvalue weighted by atomic mass is 16.5. The molecule has 0 aliphatic heterocycles. The zero-order chi connectivity index (χ0) is 24.8. The van der Waals surface area contributed by atoms with Crippen LogP contribution in [0.5, 0.6) is 0 Å². The number of unbranched alkanes of at least 4 members (excludes halogenated alkanes) is 23. The van der Waals surface area contributed by atoms with Crippen molar-refractivity contribution in [1.82, 2.24) is 0 Å². The summed E-state index contributed by atoms with van der Waals surface area (Å²) in [5.41, 5.74) is 0. The van der Waals surface area contributed by atoms with Gasteiger partial charge >= 0.3 is 0 Å². The largest absolute Gasteiger partial charge is 0.495 e. The van der Waals surface area contributed by atoms with Gasteiger partial charge in [0.15, 0.2) is 0 Å². The summed E-state index contributed by atoms with van der Waals surface area (Å²) in [6.45, 7) is 8.33. The van der Waals surface area contributed by atoms with E-state index >= 15 is 0 Å². The Kier molecular flexibility index (Phi) is 29.7. The van der Waals surface area contributed by atoms with E-state index < -0.39 is 0 Å². The van der Waals surface area contributed by atoms with Crippen LogP contribution in [0.1, 0.15) is 181 Å². The molecule has 1 nitrogen and oxygen atoms in total. The summed E-state index contributed by atoms with van der Waals surface area (Å²) >= 11 is 0. The molecular weight excluding hydrogens is 412 g/mol. The second-order valence-corrected chi connectivity index (χ2v) is 10.6. The van der Waals surface area contributed by atoms with E-state index in [0.29, 0.717) is 0 Å². The summed E-state index contributed by atoms with van der Waals surface area (Å²) in [5.74, 6) is 0. The highest BCUT2D eigenvalue weighted by molar-refractivity contribution is 4.90. The molecule has 0 spiro atoms. The van der Waals surface area contributed by atoms with Crippen LogP contribution in [0, 0.1) is 0 Å². The Morgan fingerprint density at radius 3 is 1.24 bits per heavy atom. The molecule has 0 radical (unpaired) electrons. The van der Waals surface area contributed by atoms with E-state index in [1.807, 2.05) is 0 Å². The van der Waals surface area contributed by atoms with Gasteiger partial charge in [0.2, 0.25) is 0 Å². The van der Waals surface area contributed by atoms with Gasteiger partial charge in [0, 0.05) is 0 Å². The zero-order valence-corrected chi connectivity index (χ0v) is 23.8. The van der Waals surface area contributed by atoms with Crippen molar-refractivity contribution in [1.29, 1.82) is 0 Å². The minimum absolute atomic E-state index is 0.235. The van der Waals surface area contributed by atoms with Crippen LogP contribution in [-0.2, 0) is 4.74 Å². The Balaban J connectivity index is 3.35. The molecule has 0 aliphatic carbocycles. The maximum atomic E-state index is 5.69. The van der Waals surface area contributed by atoms with Gasteiger partial charge in [0.05, 0.1) is 6.26 Å². The Morgan fingerprint density at radius 1 is 0.500 bits per heavy atom. The van der Waals surface area contributed by atoms with E-state index in [1.165, 1.54) is 161 Å². The maximum Gasteiger partial charge on any atom is 0.116 e. The highest BCUT2D eigenvalue weighted by Crippen LogP contribution is 2.15. The summed E-state index contributed by atoms with van der Waals surface area (Å²) in [4.78, 5) is 0. The molecule has 0 aromatic carbocycles. The van der Waals surface area contributed by atoms with Crippen LogP contribution in [0.4, 0.5) is 0 Å². The van der Waals surface area contributed by atoms with E-state index in [2.05, 4.69) is 32.6 Å². The first kappa shape index (κ1) is 33.3. The van der Waals surface area contributed by atoms with Crippen LogP contribution in [0.15, 0.2) is 25.0 Å². The van der Waals surface area contributed by atoms with Gasteiger partial charge in [-0.1, -0.05) is 168 Å². The molecule has 0 aliphatic rings. The number of allylic oxidation sites excluding steroid dienone is 1. The van der Waals surface area contributed by atoms with Crippen LogP contribution in [0.2, 0.25) is 0 Å². The first-order valence-corrected chi connectivity index (χ1v) is 15.8. The standard InChI is InChI=1S/C33H64O/c1-4-7-9-11-13-14-15-16-17-18-19-20-21-22-23-24-25-26-28-30-32-33(34-6-3)31-29-27-12-10-8-5-2/h6,30,32-33H,3-5,7-29,31H2,1-2H3/b32-30+. The Morgan fingerprint density at radius 2 is 0.853 bits per heavy atom. The third kappa shape index (κ3) is 27.5. The van der Waals surface area contributed by atoms with Crippen molar-refractivity contribution in [3.8, 4) is 0 Å². The third-order valence-corrected chi connectivity index (χ3v) is 7.19. The van der Waals surface area contributed by atoms with Crippen LogP contribution >= 0.6 is 0 Å². The van der Waals surface area contributed by atoms with E-state index in [4.69, 9.17) is 4.74 Å². The topological polar surface area (TPSA) is 9.23 Å². The number of ether oxygens (including phenoxy) is 1. The van der Waals surface area contributed by atoms with Gasteiger partial charge < -0.3 is 4.74 Å². The summed E-state index contributed by atoms with van der Waals surface area (Å²) in [6, 6.07) is 0. The predicted molar refractivity (Wildman–Crippen MR) is 156 cm³/mol. The van der Waals surface area contributed by atoms with Crippen LogP contribution in [0.3, 0.4) is 0 Å². The Bertz CT molecular complexity index is 399. The molecule has 0 saturated carbocycles. The minimum Gasteiger partial charge on any atom is -0.495 e. The van der Waals surface area contributed by atoms with Crippen LogP contribution in [0.25, 0.3) is 0 Å². The lowest BCUT2D eigenvalue weighted by atomic mass is 10.0. The van der Waals surface area contributed by atoms with Crippen molar-refractivity contribution in [2.45, 2.75) is 187 Å². The van der Waals surface area contributed by atoms with Crippen molar-refractivity contribution in [3.05, 3.63) is 25.0 Å². The quantitative estimate of drug-likeness (QED) is 0.0592. The maximum absolute atomic E-state index is 5.69. The number of hydrogen-bond acceptors (Lipinski definition) is 1. The molecule has 1 heteroatoms. The van der Waals surface area contributed by atoms with Gasteiger partial charge in [0.25, 0.3) is 0 Å². The summed E-state index contributed by atoms with van der Waals surface area (Å²) < 4.78 is 5.69. The molecule has 34 heavy (non-hydrogen) atoms. The number of hydrogen-bond donors (Lipinski definition) is 0. The van der Waals surface area contributed by atoms with Gasteiger partial charge in [-0.2, -0.15) is 0 Å². The van der Waals surface area contributed by atoms with E-state index in [-0.39, 0.29) is 6.10 Å². The summed E-state index contributed by atoms with van der Waals surface area (Å²) in [7, 11) is 0. The highest BCUT2D eigenvalue weighted by Gasteiger charge is 2.03. The normalized spacial score (nSPS) is 12.4. The lowest BCUT2D eigenvalue weighted by Gasteiger charge is -2.12. The lowest BCUT2D eigenvalue weighted by molar-refractivity contribution is 0.175. The lowest BCUT2D eigenvalue weighted by Crippen LogP contribution is -2.05. The molecule has 0 bridgehead atoms. The monoisotopic (exact) mass is 476 g/mol. The van der Waals surface area contributed by atoms with E-state index in [9.17, 15) is 0 Å². The molecule has 1 unspecified atom stereocenters. The van der Waals surface area contributed by atoms with Crippen LogP contribution in [-0.4, -0.2) is 6.10 Å². The van der Waals surface area contributed by atoms with Gasteiger partial charge in [-0.25, -0.2) is 0 Å². The second-order valence-electron chi connectivity index (χ2n) is 10.6. The molecule has 0 saturated heterocycles. The first-order chi connectivity index (χ1) is 16.8. The van der Waals surface area contributed by atoms with Gasteiger partial charge in [0.1, 0.15) is 6.10 Å². The fourth-order valence-corrected chi connectivity index (χ4v) is 4.87. The Hall–Kier alpha value is -0.720.